The Morgan fingerprint density at radius 3 is 2.78 bits per heavy atom. The maximum absolute atomic E-state index is 12.2. The number of fused-ring (bicyclic) bond motifs is 1. The quantitative estimate of drug-likeness (QED) is 0.757. The van der Waals surface area contributed by atoms with Crippen LogP contribution in [0.5, 0.6) is 0 Å². The van der Waals surface area contributed by atoms with Crippen LogP contribution in [0.15, 0.2) is 24.4 Å². The van der Waals surface area contributed by atoms with Gasteiger partial charge in [0.1, 0.15) is 0 Å². The van der Waals surface area contributed by atoms with Crippen LogP contribution >= 0.6 is 11.6 Å². The van der Waals surface area contributed by atoms with E-state index >= 15 is 0 Å². The van der Waals surface area contributed by atoms with Crippen LogP contribution in [0.2, 0.25) is 5.02 Å². The van der Waals surface area contributed by atoms with Crippen LogP contribution in [-0.4, -0.2) is 46.3 Å². The van der Waals surface area contributed by atoms with Crippen molar-refractivity contribution in [1.29, 1.82) is 0 Å². The van der Waals surface area contributed by atoms with Crippen LogP contribution in [-0.2, 0) is 6.42 Å². The molecule has 126 valence electrons. The van der Waals surface area contributed by atoms with Gasteiger partial charge in [-0.15, -0.1) is 0 Å². The Hall–Kier alpha value is -1.72. The van der Waals surface area contributed by atoms with E-state index in [1.165, 1.54) is 0 Å². The van der Waals surface area contributed by atoms with Crippen LogP contribution in [0.4, 0.5) is 4.79 Å². The lowest BCUT2D eigenvalue weighted by molar-refractivity contribution is 0.119. The zero-order valence-electron chi connectivity index (χ0n) is 13.8. The van der Waals surface area contributed by atoms with E-state index in [0.29, 0.717) is 24.5 Å². The van der Waals surface area contributed by atoms with E-state index < -0.39 is 6.10 Å². The number of aliphatic hydroxyl groups excluding tert-OH is 1. The molecule has 1 aromatic heterocycles. The summed E-state index contributed by atoms with van der Waals surface area (Å²) in [6.45, 7) is 6.40. The molecule has 5 nitrogen and oxygen atoms in total. The molecule has 2 aromatic rings. The van der Waals surface area contributed by atoms with Gasteiger partial charge in [-0.3, -0.25) is 0 Å². The Balaban J connectivity index is 1.95. The zero-order chi connectivity index (χ0) is 17.0. The standard InChI is InChI=1S/C17H24ClN3O2/c1-11(2)21(10-12(3)22)17(23)19-7-6-13-9-20-16-5-4-14(18)8-15(13)16/h4-5,8-9,11-12,20,22H,6-7,10H2,1-3H3,(H,19,23). The highest BCUT2D eigenvalue weighted by molar-refractivity contribution is 6.31. The van der Waals surface area contributed by atoms with E-state index in [-0.39, 0.29) is 12.1 Å². The SMILES string of the molecule is CC(O)CN(C(=O)NCCc1c[nH]c2ccc(Cl)cc12)C(C)C. The molecule has 23 heavy (non-hydrogen) atoms. The number of nitrogens with zero attached hydrogens (tertiary/aromatic N) is 1. The third kappa shape index (κ3) is 4.62. The van der Waals surface area contributed by atoms with Crippen molar-refractivity contribution in [2.24, 2.45) is 0 Å². The number of urea groups is 1. The largest absolute Gasteiger partial charge is 0.392 e. The van der Waals surface area contributed by atoms with Gasteiger partial charge in [0.15, 0.2) is 0 Å². The Labute approximate surface area is 141 Å². The highest BCUT2D eigenvalue weighted by Gasteiger charge is 2.18. The Morgan fingerprint density at radius 1 is 1.39 bits per heavy atom. The monoisotopic (exact) mass is 337 g/mol. The number of amides is 2. The topological polar surface area (TPSA) is 68.4 Å². The van der Waals surface area contributed by atoms with E-state index in [0.717, 1.165) is 16.5 Å². The lowest BCUT2D eigenvalue weighted by atomic mass is 10.1. The summed E-state index contributed by atoms with van der Waals surface area (Å²) >= 11 is 6.04. The molecular formula is C17H24ClN3O2. The molecule has 2 rings (SSSR count). The van der Waals surface area contributed by atoms with Gasteiger partial charge in [-0.2, -0.15) is 0 Å². The summed E-state index contributed by atoms with van der Waals surface area (Å²) in [6.07, 6.45) is 2.12. The van der Waals surface area contributed by atoms with E-state index in [1.54, 1.807) is 11.8 Å². The van der Waals surface area contributed by atoms with Crippen LogP contribution in [0.1, 0.15) is 26.3 Å². The minimum atomic E-state index is -0.543. The summed E-state index contributed by atoms with van der Waals surface area (Å²) in [6, 6.07) is 5.61. The first-order valence-electron chi connectivity index (χ1n) is 7.86. The summed E-state index contributed by atoms with van der Waals surface area (Å²) in [4.78, 5) is 17.1. The Kier molecular flexibility index (Phi) is 5.91. The number of H-pyrrole nitrogens is 1. The molecule has 0 bridgehead atoms. The summed E-state index contributed by atoms with van der Waals surface area (Å²) in [5.41, 5.74) is 2.16. The fourth-order valence-electron chi connectivity index (χ4n) is 2.58. The normalized spacial score (nSPS) is 12.6. The van der Waals surface area contributed by atoms with Crippen molar-refractivity contribution in [1.82, 2.24) is 15.2 Å². The minimum Gasteiger partial charge on any atom is -0.392 e. The average molecular weight is 338 g/mol. The summed E-state index contributed by atoms with van der Waals surface area (Å²) in [7, 11) is 0. The van der Waals surface area contributed by atoms with E-state index in [4.69, 9.17) is 11.6 Å². The number of hydrogen-bond acceptors (Lipinski definition) is 2. The molecule has 0 aliphatic carbocycles. The first kappa shape index (κ1) is 17.6. The molecule has 1 aromatic carbocycles. The number of aromatic nitrogens is 1. The van der Waals surface area contributed by atoms with Crippen LogP contribution in [0.3, 0.4) is 0 Å². The Morgan fingerprint density at radius 2 is 2.13 bits per heavy atom. The highest BCUT2D eigenvalue weighted by atomic mass is 35.5. The van der Waals surface area contributed by atoms with Gasteiger partial charge < -0.3 is 20.3 Å². The van der Waals surface area contributed by atoms with Crippen molar-refractivity contribution in [3.05, 3.63) is 35.0 Å². The van der Waals surface area contributed by atoms with Gasteiger partial charge in [0.05, 0.1) is 6.10 Å². The van der Waals surface area contributed by atoms with Crippen molar-refractivity contribution in [3.63, 3.8) is 0 Å². The van der Waals surface area contributed by atoms with Crippen LogP contribution in [0.25, 0.3) is 10.9 Å². The van der Waals surface area contributed by atoms with Crippen molar-refractivity contribution in [2.75, 3.05) is 13.1 Å². The smallest absolute Gasteiger partial charge is 0.317 e. The third-order valence-corrected chi connectivity index (χ3v) is 3.98. The number of benzene rings is 1. The number of hydrogen-bond donors (Lipinski definition) is 3. The zero-order valence-corrected chi connectivity index (χ0v) is 14.5. The van der Waals surface area contributed by atoms with Gasteiger partial charge >= 0.3 is 6.03 Å². The molecule has 2 amide bonds. The number of carbonyl (C=O) groups excluding carboxylic acids is 1. The third-order valence-electron chi connectivity index (χ3n) is 3.75. The molecule has 6 heteroatoms. The second-order valence-electron chi connectivity index (χ2n) is 6.08. The average Bonchev–Trinajstić information content (AvgIpc) is 2.86. The predicted molar refractivity (Wildman–Crippen MR) is 93.9 cm³/mol. The first-order chi connectivity index (χ1) is 10.9. The molecule has 0 radical (unpaired) electrons. The molecule has 0 fully saturated rings. The first-order valence-corrected chi connectivity index (χ1v) is 8.24. The van der Waals surface area contributed by atoms with Crippen LogP contribution in [0, 0.1) is 0 Å². The van der Waals surface area contributed by atoms with Gasteiger partial charge in [-0.05, 0) is 51.0 Å². The molecule has 0 spiro atoms. The number of aliphatic hydroxyl groups is 1. The fraction of sp³-hybridized carbons (Fsp3) is 0.471. The molecule has 0 aliphatic rings. The second kappa shape index (κ2) is 7.70. The van der Waals surface area contributed by atoms with Crippen molar-refractivity contribution < 1.29 is 9.90 Å². The highest BCUT2D eigenvalue weighted by Crippen LogP contribution is 2.22. The molecule has 0 saturated heterocycles. The maximum Gasteiger partial charge on any atom is 0.317 e. The number of halogens is 1. The lowest BCUT2D eigenvalue weighted by Gasteiger charge is -2.28. The van der Waals surface area contributed by atoms with Crippen LogP contribution < -0.4 is 5.32 Å². The molecular weight excluding hydrogens is 314 g/mol. The van der Waals surface area contributed by atoms with E-state index in [1.807, 2.05) is 38.2 Å². The molecule has 0 aliphatic heterocycles. The van der Waals surface area contributed by atoms with E-state index in [9.17, 15) is 9.90 Å². The number of aromatic amines is 1. The van der Waals surface area contributed by atoms with Gasteiger partial charge in [0.25, 0.3) is 0 Å². The number of rotatable bonds is 6. The fourth-order valence-corrected chi connectivity index (χ4v) is 2.75. The maximum atomic E-state index is 12.2. The molecule has 3 N–H and O–H groups in total. The number of nitrogens with one attached hydrogen (secondary N) is 2. The van der Waals surface area contributed by atoms with Crippen molar-refractivity contribution in [2.45, 2.75) is 39.3 Å². The molecule has 1 unspecified atom stereocenters. The Bertz CT molecular complexity index is 667. The molecule has 1 heterocycles. The summed E-state index contributed by atoms with van der Waals surface area (Å²) in [5.74, 6) is 0. The summed E-state index contributed by atoms with van der Waals surface area (Å²) in [5, 5.41) is 14.2. The predicted octanol–water partition coefficient (Wildman–Crippen LogP) is 3.16. The minimum absolute atomic E-state index is 0.0384. The summed E-state index contributed by atoms with van der Waals surface area (Å²) < 4.78 is 0. The molecule has 1 atom stereocenters. The van der Waals surface area contributed by atoms with Crippen molar-refractivity contribution in [3.8, 4) is 0 Å². The van der Waals surface area contributed by atoms with Gasteiger partial charge in [0.2, 0.25) is 0 Å². The van der Waals surface area contributed by atoms with Gasteiger partial charge in [0, 0.05) is 41.3 Å². The van der Waals surface area contributed by atoms with E-state index in [2.05, 4.69) is 10.3 Å². The molecule has 0 saturated carbocycles. The van der Waals surface area contributed by atoms with Gasteiger partial charge in [-0.1, -0.05) is 11.6 Å². The van der Waals surface area contributed by atoms with Gasteiger partial charge in [-0.25, -0.2) is 4.79 Å². The number of carbonyl (C=O) groups is 1. The van der Waals surface area contributed by atoms with Crippen molar-refractivity contribution >= 4 is 28.5 Å². The second-order valence-corrected chi connectivity index (χ2v) is 6.52. The lowest BCUT2D eigenvalue weighted by Crippen LogP contribution is -2.47.